The molecule has 0 spiro atoms. The van der Waals surface area contributed by atoms with E-state index in [0.29, 0.717) is 5.41 Å². The molecule has 0 radical (unpaired) electrons. The molecule has 0 N–H and O–H groups in total. The molecular formula is C21H36. The summed E-state index contributed by atoms with van der Waals surface area (Å²) in [6.07, 6.45) is 15.9. The second kappa shape index (κ2) is 7.16. The van der Waals surface area contributed by atoms with E-state index in [1.807, 2.05) is 5.57 Å². The quantitative estimate of drug-likeness (QED) is 0.481. The molecule has 0 aliphatic heterocycles. The van der Waals surface area contributed by atoms with Crippen LogP contribution >= 0.6 is 0 Å². The first-order chi connectivity index (χ1) is 10.0. The minimum absolute atomic E-state index is 0.538. The lowest BCUT2D eigenvalue weighted by atomic mass is 9.54. The van der Waals surface area contributed by atoms with Gasteiger partial charge < -0.3 is 0 Å². The summed E-state index contributed by atoms with van der Waals surface area (Å²) in [5.74, 6) is 2.61. The predicted molar refractivity (Wildman–Crippen MR) is 94.4 cm³/mol. The first kappa shape index (κ1) is 16.8. The van der Waals surface area contributed by atoms with E-state index in [1.54, 1.807) is 5.57 Å². The Hall–Kier alpha value is -0.520. The molecule has 0 saturated heterocycles. The van der Waals surface area contributed by atoms with Crippen LogP contribution in [0.25, 0.3) is 0 Å². The SMILES string of the molecule is CC/C=C(\C)CC[C@]1(C)[C@@H](CC)CC=C2[C@H](C)CCC[C@H]21. The van der Waals surface area contributed by atoms with Gasteiger partial charge in [-0.1, -0.05) is 63.8 Å². The number of rotatable bonds is 5. The van der Waals surface area contributed by atoms with Crippen molar-refractivity contribution in [1.29, 1.82) is 0 Å². The molecule has 120 valence electrons. The highest BCUT2D eigenvalue weighted by atomic mass is 14.5. The molecule has 0 aromatic heterocycles. The lowest BCUT2D eigenvalue weighted by Crippen LogP contribution is -2.41. The van der Waals surface area contributed by atoms with E-state index in [-0.39, 0.29) is 0 Å². The van der Waals surface area contributed by atoms with Crippen LogP contribution in [0.1, 0.15) is 86.0 Å². The predicted octanol–water partition coefficient (Wildman–Crippen LogP) is 6.92. The van der Waals surface area contributed by atoms with Crippen molar-refractivity contribution in [2.45, 2.75) is 86.0 Å². The molecule has 1 saturated carbocycles. The third-order valence-corrected chi connectivity index (χ3v) is 6.57. The van der Waals surface area contributed by atoms with E-state index in [1.165, 1.54) is 51.4 Å². The van der Waals surface area contributed by atoms with Crippen molar-refractivity contribution < 1.29 is 0 Å². The maximum Gasteiger partial charge on any atom is -0.0144 e. The summed E-state index contributed by atoms with van der Waals surface area (Å²) in [7, 11) is 0. The Kier molecular flexibility index (Phi) is 5.74. The van der Waals surface area contributed by atoms with Crippen molar-refractivity contribution in [3.8, 4) is 0 Å². The van der Waals surface area contributed by atoms with Crippen molar-refractivity contribution in [3.63, 3.8) is 0 Å². The van der Waals surface area contributed by atoms with Crippen LogP contribution in [0.15, 0.2) is 23.3 Å². The molecule has 2 aliphatic rings. The molecule has 4 atom stereocenters. The van der Waals surface area contributed by atoms with Crippen molar-refractivity contribution in [2.75, 3.05) is 0 Å². The van der Waals surface area contributed by atoms with Crippen LogP contribution in [-0.4, -0.2) is 0 Å². The summed E-state index contributed by atoms with van der Waals surface area (Å²) in [6.45, 7) is 12.1. The summed E-state index contributed by atoms with van der Waals surface area (Å²) >= 11 is 0. The molecule has 0 aromatic carbocycles. The number of hydrogen-bond acceptors (Lipinski definition) is 0. The first-order valence-corrected chi connectivity index (χ1v) is 9.38. The van der Waals surface area contributed by atoms with Gasteiger partial charge in [0, 0.05) is 0 Å². The van der Waals surface area contributed by atoms with Crippen LogP contribution in [0.3, 0.4) is 0 Å². The van der Waals surface area contributed by atoms with Crippen LogP contribution in [0.5, 0.6) is 0 Å². The van der Waals surface area contributed by atoms with Crippen LogP contribution in [0.2, 0.25) is 0 Å². The molecular weight excluding hydrogens is 252 g/mol. The van der Waals surface area contributed by atoms with Gasteiger partial charge in [0.2, 0.25) is 0 Å². The van der Waals surface area contributed by atoms with E-state index >= 15 is 0 Å². The number of fused-ring (bicyclic) bond motifs is 1. The minimum Gasteiger partial charge on any atom is -0.0859 e. The van der Waals surface area contributed by atoms with E-state index in [0.717, 1.165) is 17.8 Å². The highest BCUT2D eigenvalue weighted by molar-refractivity contribution is 5.21. The maximum absolute atomic E-state index is 2.64. The second-order valence-corrected chi connectivity index (χ2v) is 7.89. The zero-order valence-corrected chi connectivity index (χ0v) is 15.0. The average molecular weight is 289 g/mol. The summed E-state index contributed by atoms with van der Waals surface area (Å²) in [6, 6.07) is 0. The molecule has 0 amide bonds. The molecule has 2 aliphatic carbocycles. The first-order valence-electron chi connectivity index (χ1n) is 9.38. The van der Waals surface area contributed by atoms with Gasteiger partial charge in [-0.25, -0.2) is 0 Å². The Morgan fingerprint density at radius 2 is 2.10 bits per heavy atom. The number of allylic oxidation sites excluding steroid dienone is 4. The van der Waals surface area contributed by atoms with Gasteiger partial charge in [-0.3, -0.25) is 0 Å². The van der Waals surface area contributed by atoms with E-state index < -0.39 is 0 Å². The lowest BCUT2D eigenvalue weighted by molar-refractivity contribution is 0.0611. The molecule has 0 aromatic rings. The van der Waals surface area contributed by atoms with Gasteiger partial charge in [0.15, 0.2) is 0 Å². The van der Waals surface area contributed by atoms with Crippen LogP contribution in [0, 0.1) is 23.2 Å². The van der Waals surface area contributed by atoms with E-state index in [2.05, 4.69) is 46.8 Å². The average Bonchev–Trinajstić information content (AvgIpc) is 2.47. The summed E-state index contributed by atoms with van der Waals surface area (Å²) in [4.78, 5) is 0. The molecule has 1 fully saturated rings. The molecule has 0 nitrogen and oxygen atoms in total. The van der Waals surface area contributed by atoms with Gasteiger partial charge in [-0.2, -0.15) is 0 Å². The largest absolute Gasteiger partial charge is 0.0859 e. The van der Waals surface area contributed by atoms with Crippen molar-refractivity contribution in [1.82, 2.24) is 0 Å². The topological polar surface area (TPSA) is 0 Å². The zero-order chi connectivity index (χ0) is 15.5. The smallest absolute Gasteiger partial charge is 0.0144 e. The molecule has 21 heavy (non-hydrogen) atoms. The third-order valence-electron chi connectivity index (χ3n) is 6.57. The van der Waals surface area contributed by atoms with E-state index in [9.17, 15) is 0 Å². The van der Waals surface area contributed by atoms with Gasteiger partial charge in [-0.15, -0.1) is 0 Å². The Bertz CT molecular complexity index is 400. The minimum atomic E-state index is 0.538. The van der Waals surface area contributed by atoms with Crippen LogP contribution in [-0.2, 0) is 0 Å². The monoisotopic (exact) mass is 288 g/mol. The fourth-order valence-corrected chi connectivity index (χ4v) is 5.12. The van der Waals surface area contributed by atoms with Crippen molar-refractivity contribution >= 4 is 0 Å². The lowest BCUT2D eigenvalue weighted by Gasteiger charge is -2.51. The van der Waals surface area contributed by atoms with E-state index in [4.69, 9.17) is 0 Å². The van der Waals surface area contributed by atoms with Crippen LogP contribution < -0.4 is 0 Å². The van der Waals surface area contributed by atoms with Gasteiger partial charge in [0.25, 0.3) is 0 Å². The van der Waals surface area contributed by atoms with Gasteiger partial charge in [0.1, 0.15) is 0 Å². The highest BCUT2D eigenvalue weighted by Crippen LogP contribution is 2.55. The van der Waals surface area contributed by atoms with Gasteiger partial charge in [-0.05, 0) is 68.6 Å². The molecule has 0 heteroatoms. The summed E-state index contributed by atoms with van der Waals surface area (Å²) in [5.41, 5.74) is 3.97. The summed E-state index contributed by atoms with van der Waals surface area (Å²) in [5, 5.41) is 0. The van der Waals surface area contributed by atoms with Gasteiger partial charge >= 0.3 is 0 Å². The second-order valence-electron chi connectivity index (χ2n) is 7.89. The fraction of sp³-hybridized carbons (Fsp3) is 0.810. The molecule has 0 heterocycles. The Morgan fingerprint density at radius 3 is 2.76 bits per heavy atom. The third kappa shape index (κ3) is 3.46. The Labute approximate surface area is 133 Å². The Balaban J connectivity index is 2.19. The normalized spacial score (nSPS) is 37.1. The fourth-order valence-electron chi connectivity index (χ4n) is 5.12. The van der Waals surface area contributed by atoms with Gasteiger partial charge in [0.05, 0.1) is 0 Å². The summed E-state index contributed by atoms with van der Waals surface area (Å²) < 4.78 is 0. The van der Waals surface area contributed by atoms with Crippen molar-refractivity contribution in [3.05, 3.63) is 23.3 Å². The van der Waals surface area contributed by atoms with Crippen LogP contribution in [0.4, 0.5) is 0 Å². The zero-order valence-electron chi connectivity index (χ0n) is 15.0. The Morgan fingerprint density at radius 1 is 1.33 bits per heavy atom. The van der Waals surface area contributed by atoms with Crippen molar-refractivity contribution in [2.24, 2.45) is 23.2 Å². The standard InChI is InChI=1S/C21H36/c1-6-9-16(3)14-15-21(5)18(7-2)12-13-19-17(4)10-8-11-20(19)21/h9,13,17-18,20H,6-8,10-12,14-15H2,1-5H3/b16-9+/t17-,18+,20-,21-/m1/s1. The number of hydrogen-bond donors (Lipinski definition) is 0. The highest BCUT2D eigenvalue weighted by Gasteiger charge is 2.45. The molecule has 0 bridgehead atoms. The molecule has 0 unspecified atom stereocenters. The molecule has 2 rings (SSSR count). The maximum atomic E-state index is 2.64.